The largest absolute Gasteiger partial charge is 0.452 e. The summed E-state index contributed by atoms with van der Waals surface area (Å²) in [6.45, 7) is 0.741. The lowest BCUT2D eigenvalue weighted by Crippen LogP contribution is -2.39. The highest BCUT2D eigenvalue weighted by Gasteiger charge is 2.29. The van der Waals surface area contributed by atoms with Gasteiger partial charge in [0.25, 0.3) is 0 Å². The van der Waals surface area contributed by atoms with Crippen molar-refractivity contribution in [2.75, 3.05) is 19.2 Å². The van der Waals surface area contributed by atoms with Gasteiger partial charge in [0.2, 0.25) is 0 Å². The molecule has 0 unspecified atom stereocenters. The van der Waals surface area contributed by atoms with Crippen LogP contribution in [0.15, 0.2) is 24.3 Å². The van der Waals surface area contributed by atoms with Crippen molar-refractivity contribution in [2.45, 2.75) is 6.54 Å². The molecular weight excluding hydrogens is 180 g/mol. The average Bonchev–Trinajstić information content (AvgIpc) is 2.53. The van der Waals surface area contributed by atoms with E-state index in [9.17, 15) is 4.79 Å². The van der Waals surface area contributed by atoms with E-state index in [1.807, 2.05) is 36.3 Å². The van der Waals surface area contributed by atoms with Gasteiger partial charge in [0.05, 0.1) is 12.8 Å². The predicted molar refractivity (Wildman–Crippen MR) is 52.8 cm³/mol. The fraction of sp³-hybridized carbons (Fsp3) is 0.300. The third kappa shape index (κ3) is 1.24. The standard InChI is InChI=1S/C10H12N2O2/c1-11-7-8-5-3-4-6-9(8)12(11)10(13)14-2/h3-6H,7H2,1-2H3. The van der Waals surface area contributed by atoms with Gasteiger partial charge in [-0.15, -0.1) is 0 Å². The van der Waals surface area contributed by atoms with Crippen LogP contribution in [-0.2, 0) is 11.3 Å². The van der Waals surface area contributed by atoms with Gasteiger partial charge in [-0.25, -0.2) is 14.8 Å². The van der Waals surface area contributed by atoms with Crippen molar-refractivity contribution in [3.05, 3.63) is 29.8 Å². The number of ether oxygens (including phenoxy) is 1. The first-order valence-electron chi connectivity index (χ1n) is 4.41. The van der Waals surface area contributed by atoms with Crippen molar-refractivity contribution in [1.82, 2.24) is 5.01 Å². The number of hydrogen-bond donors (Lipinski definition) is 0. The van der Waals surface area contributed by atoms with Gasteiger partial charge in [-0.3, -0.25) is 0 Å². The minimum Gasteiger partial charge on any atom is -0.452 e. The van der Waals surface area contributed by atoms with Gasteiger partial charge in [-0.2, -0.15) is 0 Å². The maximum atomic E-state index is 11.4. The van der Waals surface area contributed by atoms with Crippen molar-refractivity contribution in [1.29, 1.82) is 0 Å². The topological polar surface area (TPSA) is 32.8 Å². The Hall–Kier alpha value is -1.55. The summed E-state index contributed by atoms with van der Waals surface area (Å²) in [7, 11) is 3.24. The van der Waals surface area contributed by atoms with Crippen LogP contribution in [0.4, 0.5) is 10.5 Å². The van der Waals surface area contributed by atoms with Gasteiger partial charge >= 0.3 is 6.09 Å². The Morgan fingerprint density at radius 2 is 2.14 bits per heavy atom. The quantitative estimate of drug-likeness (QED) is 0.626. The van der Waals surface area contributed by atoms with E-state index >= 15 is 0 Å². The molecule has 0 saturated heterocycles. The maximum Gasteiger partial charge on any atom is 0.428 e. The molecule has 0 aromatic heterocycles. The zero-order valence-electron chi connectivity index (χ0n) is 8.23. The van der Waals surface area contributed by atoms with Crippen LogP contribution < -0.4 is 5.01 Å². The fourth-order valence-electron chi connectivity index (χ4n) is 1.68. The van der Waals surface area contributed by atoms with Crippen molar-refractivity contribution >= 4 is 11.8 Å². The number of hydrogen-bond acceptors (Lipinski definition) is 3. The first-order chi connectivity index (χ1) is 6.74. The number of amides is 1. The van der Waals surface area contributed by atoms with Crippen LogP contribution in [0, 0.1) is 0 Å². The van der Waals surface area contributed by atoms with Crippen molar-refractivity contribution in [2.24, 2.45) is 0 Å². The normalized spacial score (nSPS) is 15.4. The molecule has 1 aliphatic rings. The van der Waals surface area contributed by atoms with Gasteiger partial charge in [0, 0.05) is 13.6 Å². The Labute approximate surface area is 82.7 Å². The molecule has 74 valence electrons. The number of rotatable bonds is 0. The molecule has 1 aliphatic heterocycles. The van der Waals surface area contributed by atoms with E-state index in [-0.39, 0.29) is 6.09 Å². The number of benzene rings is 1. The molecule has 0 bridgehead atoms. The average molecular weight is 192 g/mol. The molecule has 0 radical (unpaired) electrons. The van der Waals surface area contributed by atoms with Gasteiger partial charge < -0.3 is 4.74 Å². The van der Waals surface area contributed by atoms with Crippen molar-refractivity contribution < 1.29 is 9.53 Å². The summed E-state index contributed by atoms with van der Waals surface area (Å²) < 4.78 is 4.71. The number of hydrazine groups is 1. The Morgan fingerprint density at radius 3 is 2.86 bits per heavy atom. The molecular formula is C10H12N2O2. The maximum absolute atomic E-state index is 11.4. The van der Waals surface area contributed by atoms with Crippen LogP contribution in [0.1, 0.15) is 5.56 Å². The number of nitrogens with zero attached hydrogens (tertiary/aromatic N) is 2. The second-order valence-corrected chi connectivity index (χ2v) is 3.23. The fourth-order valence-corrected chi connectivity index (χ4v) is 1.68. The number of anilines is 1. The molecule has 1 aromatic carbocycles. The Kier molecular flexibility index (Phi) is 2.13. The zero-order valence-corrected chi connectivity index (χ0v) is 8.23. The summed E-state index contributed by atoms with van der Waals surface area (Å²) in [6.07, 6.45) is -0.350. The number of carbonyl (C=O) groups excluding carboxylic acids is 1. The molecule has 0 atom stereocenters. The highest BCUT2D eigenvalue weighted by Crippen LogP contribution is 2.30. The van der Waals surface area contributed by atoms with Crippen molar-refractivity contribution in [3.8, 4) is 0 Å². The number of carbonyl (C=O) groups is 1. The van der Waals surface area contributed by atoms with Crippen molar-refractivity contribution in [3.63, 3.8) is 0 Å². The monoisotopic (exact) mass is 192 g/mol. The minimum atomic E-state index is -0.350. The summed E-state index contributed by atoms with van der Waals surface area (Å²) in [6, 6.07) is 7.80. The number of para-hydroxylation sites is 1. The summed E-state index contributed by atoms with van der Waals surface area (Å²) in [5.41, 5.74) is 2.04. The lowest BCUT2D eigenvalue weighted by atomic mass is 10.2. The minimum absolute atomic E-state index is 0.350. The van der Waals surface area contributed by atoms with E-state index in [4.69, 9.17) is 4.74 Å². The van der Waals surface area contributed by atoms with E-state index in [1.54, 1.807) is 0 Å². The Balaban J connectivity index is 2.39. The summed E-state index contributed by atoms with van der Waals surface area (Å²) in [4.78, 5) is 11.4. The van der Waals surface area contributed by atoms with Crippen LogP contribution in [0.2, 0.25) is 0 Å². The summed E-state index contributed by atoms with van der Waals surface area (Å²) in [5, 5.41) is 3.37. The highest BCUT2D eigenvalue weighted by atomic mass is 16.5. The van der Waals surface area contributed by atoms with E-state index in [0.29, 0.717) is 0 Å². The molecule has 14 heavy (non-hydrogen) atoms. The molecule has 4 heteroatoms. The van der Waals surface area contributed by atoms with Gasteiger partial charge in [0.1, 0.15) is 0 Å². The van der Waals surface area contributed by atoms with Crippen LogP contribution >= 0.6 is 0 Å². The van der Waals surface area contributed by atoms with E-state index in [2.05, 4.69) is 0 Å². The molecule has 2 rings (SSSR count). The molecule has 1 aromatic rings. The third-order valence-corrected chi connectivity index (χ3v) is 2.31. The number of fused-ring (bicyclic) bond motifs is 1. The van der Waals surface area contributed by atoms with Crippen LogP contribution in [0.25, 0.3) is 0 Å². The van der Waals surface area contributed by atoms with Crippen LogP contribution in [0.5, 0.6) is 0 Å². The lowest BCUT2D eigenvalue weighted by molar-refractivity contribution is 0.159. The number of methoxy groups -OCH3 is 1. The van der Waals surface area contributed by atoms with Crippen LogP contribution in [0.3, 0.4) is 0 Å². The molecule has 0 saturated carbocycles. The third-order valence-electron chi connectivity index (χ3n) is 2.31. The van der Waals surface area contributed by atoms with E-state index < -0.39 is 0 Å². The second kappa shape index (κ2) is 3.31. The van der Waals surface area contributed by atoms with E-state index in [1.165, 1.54) is 12.1 Å². The first kappa shape index (κ1) is 9.02. The Bertz CT molecular complexity index is 365. The molecule has 0 N–H and O–H groups in total. The summed E-state index contributed by atoms with van der Waals surface area (Å²) in [5.74, 6) is 0. The highest BCUT2D eigenvalue weighted by molar-refractivity contribution is 5.88. The smallest absolute Gasteiger partial charge is 0.428 e. The zero-order chi connectivity index (χ0) is 10.1. The van der Waals surface area contributed by atoms with Gasteiger partial charge in [-0.05, 0) is 11.6 Å². The predicted octanol–water partition coefficient (Wildman–Crippen LogP) is 1.62. The van der Waals surface area contributed by atoms with Gasteiger partial charge in [-0.1, -0.05) is 18.2 Å². The second-order valence-electron chi connectivity index (χ2n) is 3.23. The van der Waals surface area contributed by atoms with E-state index in [0.717, 1.165) is 17.8 Å². The SMILES string of the molecule is COC(=O)N1c2ccccc2CN1C. The Morgan fingerprint density at radius 1 is 1.43 bits per heavy atom. The molecule has 0 fully saturated rings. The van der Waals surface area contributed by atoms with Crippen LogP contribution in [-0.4, -0.2) is 25.3 Å². The molecule has 0 spiro atoms. The molecule has 4 nitrogen and oxygen atoms in total. The summed E-state index contributed by atoms with van der Waals surface area (Å²) >= 11 is 0. The lowest BCUT2D eigenvalue weighted by Gasteiger charge is -2.22. The molecule has 0 aliphatic carbocycles. The molecule has 1 amide bonds. The first-order valence-corrected chi connectivity index (χ1v) is 4.41. The molecule has 1 heterocycles. The van der Waals surface area contributed by atoms with Gasteiger partial charge in [0.15, 0.2) is 0 Å².